The third-order valence-corrected chi connectivity index (χ3v) is 8.03. The van der Waals surface area contributed by atoms with Crippen LogP contribution in [0, 0.1) is 6.92 Å². The number of fused-ring (bicyclic) bond motifs is 2. The number of benzene rings is 1. The molecule has 0 saturated carbocycles. The number of thiophene rings is 1. The van der Waals surface area contributed by atoms with E-state index in [0.29, 0.717) is 34.1 Å². The molecule has 0 spiro atoms. The summed E-state index contributed by atoms with van der Waals surface area (Å²) in [5, 5.41) is 1.73. The highest BCUT2D eigenvalue weighted by Crippen LogP contribution is 2.35. The summed E-state index contributed by atoms with van der Waals surface area (Å²) < 4.78 is 2.68. The van der Waals surface area contributed by atoms with E-state index < -0.39 is 0 Å². The lowest BCUT2D eigenvalue weighted by Gasteiger charge is -2.31. The van der Waals surface area contributed by atoms with Gasteiger partial charge in [0.25, 0.3) is 11.5 Å². The Hall–Kier alpha value is -2.58. The van der Waals surface area contributed by atoms with E-state index >= 15 is 0 Å². The molecule has 0 radical (unpaired) electrons. The molecule has 1 aromatic carbocycles. The number of aryl methyl sites for hydroxylation is 2. The number of carbonyl (C=O) groups is 1. The van der Waals surface area contributed by atoms with Crippen molar-refractivity contribution in [3.8, 4) is 0 Å². The number of amides is 1. The minimum atomic E-state index is -0.0997. The van der Waals surface area contributed by atoms with Gasteiger partial charge in [-0.05, 0) is 37.5 Å². The Morgan fingerprint density at radius 1 is 1.17 bits per heavy atom. The fourth-order valence-electron chi connectivity index (χ4n) is 3.95. The van der Waals surface area contributed by atoms with Gasteiger partial charge in [-0.3, -0.25) is 9.59 Å². The Morgan fingerprint density at radius 2 is 1.93 bits per heavy atom. The molecule has 29 heavy (non-hydrogen) atoms. The fourth-order valence-corrected chi connectivity index (χ4v) is 6.19. The van der Waals surface area contributed by atoms with Crippen molar-refractivity contribution in [2.24, 2.45) is 7.05 Å². The second-order valence-corrected chi connectivity index (χ2v) is 9.54. The van der Waals surface area contributed by atoms with Gasteiger partial charge in [-0.1, -0.05) is 12.1 Å². The molecule has 4 heterocycles. The highest BCUT2D eigenvalue weighted by Gasteiger charge is 2.29. The second-order valence-electron chi connectivity index (χ2n) is 7.48. The van der Waals surface area contributed by atoms with Crippen molar-refractivity contribution in [3.05, 3.63) is 56.4 Å². The van der Waals surface area contributed by atoms with Gasteiger partial charge in [0.15, 0.2) is 0 Å². The van der Waals surface area contributed by atoms with Crippen molar-refractivity contribution in [2.45, 2.75) is 25.7 Å². The Morgan fingerprint density at radius 3 is 2.69 bits per heavy atom. The maximum Gasteiger partial charge on any atom is 0.264 e. The van der Waals surface area contributed by atoms with Crippen LogP contribution in [0.2, 0.25) is 0 Å². The second kappa shape index (κ2) is 7.03. The molecule has 0 atom stereocenters. The van der Waals surface area contributed by atoms with Crippen LogP contribution in [0.1, 0.15) is 39.0 Å². The summed E-state index contributed by atoms with van der Waals surface area (Å²) in [4.78, 5) is 37.9. The summed E-state index contributed by atoms with van der Waals surface area (Å²) in [6, 6.07) is 8.22. The molecular weight excluding hydrogens is 404 g/mol. The highest BCUT2D eigenvalue weighted by atomic mass is 32.1. The quantitative estimate of drug-likeness (QED) is 0.489. The topological polar surface area (TPSA) is 68.1 Å². The normalized spacial score (nSPS) is 15.4. The van der Waals surface area contributed by atoms with Gasteiger partial charge in [0.05, 0.1) is 31.8 Å². The van der Waals surface area contributed by atoms with Gasteiger partial charge < -0.3 is 9.47 Å². The van der Waals surface area contributed by atoms with E-state index in [1.807, 2.05) is 24.0 Å². The molecule has 1 amide bonds. The van der Waals surface area contributed by atoms with Crippen LogP contribution < -0.4 is 5.56 Å². The first kappa shape index (κ1) is 18.4. The molecule has 0 bridgehead atoms. The molecule has 5 rings (SSSR count). The van der Waals surface area contributed by atoms with E-state index in [9.17, 15) is 9.59 Å². The molecule has 1 fully saturated rings. The van der Waals surface area contributed by atoms with Crippen molar-refractivity contribution in [2.75, 3.05) is 13.1 Å². The lowest BCUT2D eigenvalue weighted by molar-refractivity contribution is 0.0717. The van der Waals surface area contributed by atoms with E-state index in [1.165, 1.54) is 31.9 Å². The molecule has 0 unspecified atom stereocenters. The van der Waals surface area contributed by atoms with Gasteiger partial charge in [-0.15, -0.1) is 22.7 Å². The molecule has 8 heteroatoms. The molecule has 6 nitrogen and oxygen atoms in total. The number of piperidine rings is 1. The van der Waals surface area contributed by atoms with Crippen LogP contribution in [-0.2, 0) is 7.05 Å². The minimum Gasteiger partial charge on any atom is -0.338 e. The summed E-state index contributed by atoms with van der Waals surface area (Å²) in [5.41, 5.74) is 1.70. The first-order chi connectivity index (χ1) is 14.0. The Bertz CT molecular complexity index is 1260. The summed E-state index contributed by atoms with van der Waals surface area (Å²) in [6.07, 6.45) is 3.34. The minimum absolute atomic E-state index is 0.00954. The van der Waals surface area contributed by atoms with Gasteiger partial charge in [0, 0.05) is 26.1 Å². The number of thiazole rings is 1. The van der Waals surface area contributed by atoms with Crippen molar-refractivity contribution < 1.29 is 4.79 Å². The molecule has 0 N–H and O–H groups in total. The standard InChI is InChI=1S/C21H20N4O2S2/c1-12-16-19(22-11-24(2)20(16)26)29-17(12)21(27)25-9-7-13(8-10-25)18-23-14-5-3-4-6-15(14)28-18/h3-6,11,13H,7-10H2,1-2H3. The third kappa shape index (κ3) is 3.07. The number of nitrogens with zero attached hydrogens (tertiary/aromatic N) is 4. The molecular formula is C21H20N4O2S2. The van der Waals surface area contributed by atoms with Gasteiger partial charge >= 0.3 is 0 Å². The number of hydrogen-bond acceptors (Lipinski definition) is 6. The fraction of sp³-hybridized carbons (Fsp3) is 0.333. The molecule has 1 saturated heterocycles. The van der Waals surface area contributed by atoms with E-state index in [0.717, 1.165) is 23.9 Å². The van der Waals surface area contributed by atoms with Crippen molar-refractivity contribution in [1.29, 1.82) is 0 Å². The predicted molar refractivity (Wildman–Crippen MR) is 117 cm³/mol. The summed E-state index contributed by atoms with van der Waals surface area (Å²) >= 11 is 3.08. The SMILES string of the molecule is Cc1c(C(=O)N2CCC(c3nc4ccccc4s3)CC2)sc2ncn(C)c(=O)c12. The number of likely N-dealkylation sites (tertiary alicyclic amines) is 1. The molecule has 0 aliphatic carbocycles. The first-order valence-electron chi connectivity index (χ1n) is 9.62. The van der Waals surface area contributed by atoms with Crippen LogP contribution in [0.15, 0.2) is 35.4 Å². The summed E-state index contributed by atoms with van der Waals surface area (Å²) in [7, 11) is 1.68. The van der Waals surface area contributed by atoms with E-state index in [1.54, 1.807) is 18.4 Å². The smallest absolute Gasteiger partial charge is 0.264 e. The summed E-state index contributed by atoms with van der Waals surface area (Å²) in [6.45, 7) is 3.26. The summed E-state index contributed by atoms with van der Waals surface area (Å²) in [5.74, 6) is 0.407. The van der Waals surface area contributed by atoms with Crippen LogP contribution in [0.5, 0.6) is 0 Å². The average Bonchev–Trinajstić information content (AvgIpc) is 3.32. The Kier molecular flexibility index (Phi) is 4.48. The largest absolute Gasteiger partial charge is 0.338 e. The molecule has 1 aliphatic heterocycles. The first-order valence-corrected chi connectivity index (χ1v) is 11.3. The van der Waals surface area contributed by atoms with E-state index in [2.05, 4.69) is 17.1 Å². The average molecular weight is 425 g/mol. The van der Waals surface area contributed by atoms with Crippen molar-refractivity contribution >= 4 is 49.0 Å². The Balaban J connectivity index is 1.36. The van der Waals surface area contributed by atoms with Crippen molar-refractivity contribution in [3.63, 3.8) is 0 Å². The Labute approximate surface area is 175 Å². The zero-order chi connectivity index (χ0) is 20.1. The molecule has 1 aliphatic rings. The zero-order valence-corrected chi connectivity index (χ0v) is 17.8. The number of rotatable bonds is 2. The number of aromatic nitrogens is 3. The predicted octanol–water partition coefficient (Wildman–Crippen LogP) is 3.93. The highest BCUT2D eigenvalue weighted by molar-refractivity contribution is 7.20. The van der Waals surface area contributed by atoms with Gasteiger partial charge in [0.2, 0.25) is 0 Å². The van der Waals surface area contributed by atoms with Crippen molar-refractivity contribution in [1.82, 2.24) is 19.4 Å². The van der Waals surface area contributed by atoms with Crippen LogP contribution in [0.25, 0.3) is 20.4 Å². The van der Waals surface area contributed by atoms with Crippen LogP contribution >= 0.6 is 22.7 Å². The molecule has 148 valence electrons. The third-order valence-electron chi connectivity index (χ3n) is 5.65. The monoisotopic (exact) mass is 424 g/mol. The number of hydrogen-bond donors (Lipinski definition) is 0. The molecule has 4 aromatic rings. The van der Waals surface area contributed by atoms with Crippen LogP contribution in [-0.4, -0.2) is 38.4 Å². The van der Waals surface area contributed by atoms with E-state index in [4.69, 9.17) is 4.98 Å². The maximum atomic E-state index is 13.2. The van der Waals surface area contributed by atoms with Crippen LogP contribution in [0.4, 0.5) is 0 Å². The van der Waals surface area contributed by atoms with Gasteiger partial charge in [0.1, 0.15) is 4.83 Å². The zero-order valence-electron chi connectivity index (χ0n) is 16.2. The number of carbonyl (C=O) groups excluding carboxylic acids is 1. The van der Waals surface area contributed by atoms with Gasteiger partial charge in [-0.2, -0.15) is 0 Å². The van der Waals surface area contributed by atoms with Gasteiger partial charge in [-0.25, -0.2) is 9.97 Å². The maximum absolute atomic E-state index is 13.2. The lowest BCUT2D eigenvalue weighted by Crippen LogP contribution is -2.37. The number of para-hydroxylation sites is 1. The lowest BCUT2D eigenvalue weighted by atomic mass is 9.97. The van der Waals surface area contributed by atoms with E-state index in [-0.39, 0.29) is 11.5 Å². The molecule has 3 aromatic heterocycles. The van der Waals surface area contributed by atoms with Crippen LogP contribution in [0.3, 0.4) is 0 Å².